The van der Waals surface area contributed by atoms with Gasteiger partial charge in [-0.2, -0.15) is 0 Å². The molecule has 4 heterocycles. The Morgan fingerprint density at radius 3 is 1.41 bits per heavy atom. The van der Waals surface area contributed by atoms with Gasteiger partial charge in [0.25, 0.3) is 0 Å². The standard InChI is InChI=1S/C83H75N5O.Pt/c1-79(2,3)57-44-45-84-77(51-57)88-73-39-24-21-36-69(73)83(67-34-19-22-37-71(67)87(72-38-23-20-35-68(72)83)62-48-58(80(4,5)6)46-59(49-62)81(7,8)9)70-43-42-63(53-76(70)88)89-64-50-60(82(10,11)12)47-61(52-64)85-54-86(75-41-26-25-40-74(75)85)78-65(55-28-15-13-16-29-55)32-27-33-66(78)56-30-17-14-18-31-56;/h13-51H,1-12H3;/q-2;. The summed E-state index contributed by atoms with van der Waals surface area (Å²) in [6.45, 7) is 27.5. The van der Waals surface area contributed by atoms with Gasteiger partial charge in [0.05, 0.1) is 0 Å². The Labute approximate surface area is 542 Å². The van der Waals surface area contributed by atoms with Gasteiger partial charge in [-0.1, -0.05) is 123 Å². The van der Waals surface area contributed by atoms with E-state index in [-0.39, 0.29) is 21.7 Å². The van der Waals surface area contributed by atoms with Gasteiger partial charge in [0.15, 0.2) is 0 Å². The molecular formula is C83H75N5OPt-2. The van der Waals surface area contributed by atoms with Crippen molar-refractivity contribution in [1.29, 1.82) is 0 Å². The van der Waals surface area contributed by atoms with E-state index in [0.717, 1.165) is 99.4 Å². The van der Waals surface area contributed by atoms with Crippen LogP contribution in [0.15, 0.2) is 237 Å². The van der Waals surface area contributed by atoms with Gasteiger partial charge in [0, 0.05) is 23.3 Å². The van der Waals surface area contributed by atoms with Crippen LogP contribution in [0.25, 0.3) is 44.7 Å². The molecule has 0 amide bonds. The fraction of sp³-hybridized carbons (Fsp3) is 0.205. The van der Waals surface area contributed by atoms with Crippen LogP contribution in [-0.2, 0) is 46.4 Å². The second kappa shape index (κ2) is 21.8. The molecule has 14 rings (SSSR count). The molecule has 0 fully saturated rings. The van der Waals surface area contributed by atoms with Crippen molar-refractivity contribution in [3.8, 4) is 45.1 Å². The van der Waals surface area contributed by atoms with Crippen LogP contribution in [0.3, 0.4) is 0 Å². The summed E-state index contributed by atoms with van der Waals surface area (Å²) in [5.74, 6) is 1.96. The zero-order chi connectivity index (χ0) is 62.6. The van der Waals surface area contributed by atoms with Gasteiger partial charge >= 0.3 is 331 Å². The molecular weight excluding hydrogens is 1280 g/mol. The number of imidazole rings is 1. The molecule has 0 N–H and O–H groups in total. The molecule has 12 aromatic rings. The Hall–Kier alpha value is -9.09. The molecule has 0 bridgehead atoms. The Morgan fingerprint density at radius 1 is 0.400 bits per heavy atom. The molecule has 2 aliphatic heterocycles. The quantitative estimate of drug-likeness (QED) is 0.142. The Morgan fingerprint density at radius 2 is 0.878 bits per heavy atom. The van der Waals surface area contributed by atoms with Crippen LogP contribution in [-0.4, -0.2) is 14.1 Å². The Balaban J connectivity index is 0.986. The Bertz CT molecular complexity index is 4690. The third kappa shape index (κ3) is 9.90. The minimum absolute atomic E-state index is 0.0846. The first-order valence-electron chi connectivity index (χ1n) is 31.4. The van der Waals surface area contributed by atoms with Crippen LogP contribution >= 0.6 is 0 Å². The topological polar surface area (TPSA) is 38.5 Å². The summed E-state index contributed by atoms with van der Waals surface area (Å²) < 4.78 is 13.1. The zero-order valence-electron chi connectivity index (χ0n) is 53.5. The number of nitrogens with zero attached hydrogens (tertiary/aromatic N) is 5. The van der Waals surface area contributed by atoms with E-state index in [1.807, 2.05) is 6.20 Å². The second-order valence-corrected chi connectivity index (χ2v) is 29.3. The molecule has 0 unspecified atom stereocenters. The summed E-state index contributed by atoms with van der Waals surface area (Å²) in [7, 11) is 0. The first kappa shape index (κ1) is 58.6. The van der Waals surface area contributed by atoms with Gasteiger partial charge in [-0.05, 0) is 63.3 Å². The fourth-order valence-corrected chi connectivity index (χ4v) is 14.6. The normalized spacial score (nSPS) is 13.7. The number of fused-ring (bicyclic) bond motifs is 9. The van der Waals surface area contributed by atoms with E-state index >= 15 is 0 Å². The van der Waals surface area contributed by atoms with Gasteiger partial charge in [-0.25, -0.2) is 0 Å². The number of benzene rings is 10. The van der Waals surface area contributed by atoms with E-state index in [0.29, 0.717) is 11.5 Å². The number of rotatable bonds is 8. The number of pyridine rings is 1. The molecule has 0 saturated carbocycles. The molecule has 7 heteroatoms. The van der Waals surface area contributed by atoms with Crippen molar-refractivity contribution in [2.75, 3.05) is 9.80 Å². The first-order chi connectivity index (χ1) is 43.1. The van der Waals surface area contributed by atoms with Crippen LogP contribution in [0, 0.1) is 15.9 Å². The number of hydrogen-bond donors (Lipinski definition) is 0. The molecule has 450 valence electrons. The zero-order valence-corrected chi connectivity index (χ0v) is 55.7. The monoisotopic (exact) mass is 1350 g/mol. The van der Waals surface area contributed by atoms with Crippen molar-refractivity contribution in [3.05, 3.63) is 297 Å². The van der Waals surface area contributed by atoms with Gasteiger partial charge in [0.2, 0.25) is 0 Å². The van der Waals surface area contributed by atoms with Crippen molar-refractivity contribution in [1.82, 2.24) is 14.1 Å². The summed E-state index contributed by atoms with van der Waals surface area (Å²) in [4.78, 5) is 10.1. The molecule has 10 aromatic carbocycles. The van der Waals surface area contributed by atoms with Crippen molar-refractivity contribution in [2.24, 2.45) is 0 Å². The van der Waals surface area contributed by atoms with Gasteiger partial charge in [-0.15, -0.1) is 0 Å². The van der Waals surface area contributed by atoms with Crippen LogP contribution in [0.5, 0.6) is 11.5 Å². The van der Waals surface area contributed by atoms with E-state index in [2.05, 4.69) is 364 Å². The summed E-state index contributed by atoms with van der Waals surface area (Å²) in [6, 6.07) is 92.3. The van der Waals surface area contributed by atoms with Crippen molar-refractivity contribution < 1.29 is 24.1 Å². The van der Waals surface area contributed by atoms with E-state index in [9.17, 15) is 0 Å². The van der Waals surface area contributed by atoms with Gasteiger partial charge in [0.1, 0.15) is 0 Å². The van der Waals surface area contributed by atoms with Crippen molar-refractivity contribution >= 4 is 45.3 Å². The molecule has 2 aliphatic rings. The maximum atomic E-state index is 7.37. The van der Waals surface area contributed by atoms with Crippen LogP contribution < -0.4 is 14.5 Å². The molecule has 0 radical (unpaired) electrons. The van der Waals surface area contributed by atoms with Crippen molar-refractivity contribution in [3.63, 3.8) is 0 Å². The van der Waals surface area contributed by atoms with Crippen LogP contribution in [0.1, 0.15) is 128 Å². The average molecular weight is 1350 g/mol. The molecule has 0 saturated heterocycles. The number of para-hydroxylation sites is 6. The van der Waals surface area contributed by atoms with E-state index in [1.54, 1.807) is 0 Å². The SMILES string of the molecule is CC(C)(C)c1cc(Oc2[c-]c3c(cc2)C2(c4ccccc4N3c3cc(C(C)(C)C)ccn3)c3ccccc3N(c3cc(C(C)(C)C)cc(C(C)(C)C)c3)c3ccccc32)[c-]c(-n2[c](=[Pt])n(-c3c(-c4ccccc4)cccc3-c3ccccc3)c3ccccc32)c1. The molecule has 6 nitrogen and oxygen atoms in total. The molecule has 0 atom stereocenters. The van der Waals surface area contributed by atoms with E-state index < -0.39 is 5.41 Å². The Kier molecular flexibility index (Phi) is 14.2. The first-order valence-corrected chi connectivity index (χ1v) is 32.5. The number of hydrogen-bond acceptors (Lipinski definition) is 4. The number of aromatic nitrogens is 3. The predicted molar refractivity (Wildman–Crippen MR) is 368 cm³/mol. The van der Waals surface area contributed by atoms with E-state index in [4.69, 9.17) is 9.72 Å². The minimum atomic E-state index is -0.816. The van der Waals surface area contributed by atoms with Crippen LogP contribution in [0.4, 0.5) is 34.3 Å². The summed E-state index contributed by atoms with van der Waals surface area (Å²) in [6.07, 6.45) is 1.96. The summed E-state index contributed by atoms with van der Waals surface area (Å²) in [5, 5.41) is 0. The molecule has 0 aliphatic carbocycles. The van der Waals surface area contributed by atoms with Crippen LogP contribution in [0.2, 0.25) is 0 Å². The maximum absolute atomic E-state index is 7.37. The molecule has 90 heavy (non-hydrogen) atoms. The summed E-state index contributed by atoms with van der Waals surface area (Å²) in [5.41, 5.74) is 22.0. The number of ether oxygens (including phenoxy) is 1. The summed E-state index contributed by atoms with van der Waals surface area (Å²) >= 11 is 2.53. The van der Waals surface area contributed by atoms with Gasteiger partial charge < -0.3 is 4.90 Å². The molecule has 2 aromatic heterocycles. The number of anilines is 6. The molecule has 1 spiro atoms. The fourth-order valence-electron chi connectivity index (χ4n) is 13.5. The predicted octanol–water partition coefficient (Wildman–Crippen LogP) is 21.8. The third-order valence-electron chi connectivity index (χ3n) is 18.2. The van der Waals surface area contributed by atoms with E-state index in [1.165, 1.54) is 27.8 Å². The van der Waals surface area contributed by atoms with Gasteiger partial charge in [-0.3, -0.25) is 0 Å². The van der Waals surface area contributed by atoms with Crippen molar-refractivity contribution in [2.45, 2.75) is 110 Å². The second-order valence-electron chi connectivity index (χ2n) is 28.3. The average Bonchev–Trinajstić information content (AvgIpc) is 0.787. The third-order valence-corrected chi connectivity index (χ3v) is 19.2.